The normalized spacial score (nSPS) is 11.2. The fourth-order valence-corrected chi connectivity index (χ4v) is 3.84. The average Bonchev–Trinajstić information content (AvgIpc) is 2.77. The van der Waals surface area contributed by atoms with Gasteiger partial charge >= 0.3 is 12.0 Å². The van der Waals surface area contributed by atoms with E-state index in [1.807, 2.05) is 0 Å². The molecular formula is C11H17N3O5S2. The van der Waals surface area contributed by atoms with E-state index in [4.69, 9.17) is 5.11 Å². The number of nitrogens with one attached hydrogen (secondary N) is 2. The first-order chi connectivity index (χ1) is 9.65. The van der Waals surface area contributed by atoms with Gasteiger partial charge in [-0.15, -0.1) is 11.3 Å². The minimum Gasteiger partial charge on any atom is -0.477 e. The van der Waals surface area contributed by atoms with E-state index in [2.05, 4.69) is 10.0 Å². The highest BCUT2D eigenvalue weighted by atomic mass is 32.2. The van der Waals surface area contributed by atoms with E-state index < -0.39 is 16.0 Å². The van der Waals surface area contributed by atoms with E-state index in [9.17, 15) is 18.0 Å². The Labute approximate surface area is 126 Å². The Morgan fingerprint density at radius 1 is 1.33 bits per heavy atom. The molecule has 1 heterocycles. The maximum absolute atomic E-state index is 12.0. The molecule has 0 saturated heterocycles. The molecular weight excluding hydrogens is 318 g/mol. The summed E-state index contributed by atoms with van der Waals surface area (Å²) >= 11 is 0.698. The zero-order valence-corrected chi connectivity index (χ0v) is 13.5. The molecule has 3 N–H and O–H groups in total. The first-order valence-electron chi connectivity index (χ1n) is 5.93. The van der Waals surface area contributed by atoms with E-state index >= 15 is 0 Å². The number of urea groups is 1. The average molecular weight is 335 g/mol. The van der Waals surface area contributed by atoms with Gasteiger partial charge in [-0.05, 0) is 18.6 Å². The lowest BCUT2D eigenvalue weighted by Crippen LogP contribution is -2.39. The minimum absolute atomic E-state index is 0.00344. The Kier molecular flexibility index (Phi) is 5.70. The molecule has 2 amide bonds. The molecule has 118 valence electrons. The predicted octanol–water partition coefficient (Wildman–Crippen LogP) is 0.304. The molecule has 0 saturated carbocycles. The van der Waals surface area contributed by atoms with Crippen molar-refractivity contribution in [3.8, 4) is 0 Å². The summed E-state index contributed by atoms with van der Waals surface area (Å²) in [7, 11) is -0.632. The number of hydrogen-bond acceptors (Lipinski definition) is 5. The van der Waals surface area contributed by atoms with Crippen LogP contribution in [0.5, 0.6) is 0 Å². The summed E-state index contributed by atoms with van der Waals surface area (Å²) < 4.78 is 26.2. The molecule has 10 heteroatoms. The zero-order valence-electron chi connectivity index (χ0n) is 11.8. The van der Waals surface area contributed by atoms with E-state index in [1.54, 1.807) is 14.1 Å². The van der Waals surface area contributed by atoms with Crippen LogP contribution in [-0.4, -0.2) is 57.6 Å². The van der Waals surface area contributed by atoms with Crippen molar-refractivity contribution in [1.82, 2.24) is 14.9 Å². The first-order valence-corrected chi connectivity index (χ1v) is 8.23. The summed E-state index contributed by atoms with van der Waals surface area (Å²) in [5.74, 6) is -1.16. The number of amides is 2. The lowest BCUT2D eigenvalue weighted by Gasteiger charge is -2.12. The number of thiophene rings is 1. The Hall–Kier alpha value is -1.65. The number of aromatic carboxylic acids is 1. The molecule has 0 aromatic carbocycles. The third-order valence-electron chi connectivity index (χ3n) is 2.45. The highest BCUT2D eigenvalue weighted by Gasteiger charge is 2.21. The van der Waals surface area contributed by atoms with Gasteiger partial charge in [-0.25, -0.2) is 22.7 Å². The van der Waals surface area contributed by atoms with Crippen LogP contribution in [0.2, 0.25) is 0 Å². The number of sulfonamides is 1. The van der Waals surface area contributed by atoms with Crippen molar-refractivity contribution in [3.05, 3.63) is 16.5 Å². The van der Waals surface area contributed by atoms with Gasteiger partial charge in [0.05, 0.1) is 0 Å². The molecule has 1 rings (SSSR count). The number of carboxylic acid groups (broad SMARTS) is 1. The number of hydrogen-bond donors (Lipinski definition) is 3. The number of aryl methyl sites for hydroxylation is 1. The molecule has 0 fully saturated rings. The summed E-state index contributed by atoms with van der Waals surface area (Å²) in [6.07, 6.45) is 0. The number of carbonyl (C=O) groups is 2. The van der Waals surface area contributed by atoms with Crippen LogP contribution in [0.15, 0.2) is 10.3 Å². The Morgan fingerprint density at radius 2 is 1.95 bits per heavy atom. The topological polar surface area (TPSA) is 116 Å². The van der Waals surface area contributed by atoms with Crippen LogP contribution in [0.25, 0.3) is 0 Å². The van der Waals surface area contributed by atoms with E-state index in [0.29, 0.717) is 16.9 Å². The van der Waals surface area contributed by atoms with Crippen molar-refractivity contribution in [3.63, 3.8) is 0 Å². The fraction of sp³-hybridized carbons (Fsp3) is 0.455. The molecule has 8 nitrogen and oxygen atoms in total. The van der Waals surface area contributed by atoms with E-state index in [0.717, 1.165) is 0 Å². The van der Waals surface area contributed by atoms with Crippen LogP contribution in [0, 0.1) is 6.92 Å². The summed E-state index contributed by atoms with van der Waals surface area (Å²) in [5.41, 5.74) is 0.397. The van der Waals surface area contributed by atoms with Gasteiger partial charge in [-0.3, -0.25) is 0 Å². The van der Waals surface area contributed by atoms with Crippen molar-refractivity contribution in [2.24, 2.45) is 0 Å². The smallest absolute Gasteiger partial charge is 0.346 e. The van der Waals surface area contributed by atoms with E-state index in [-0.39, 0.29) is 28.2 Å². The lowest BCUT2D eigenvalue weighted by molar-refractivity contribution is 0.0701. The van der Waals surface area contributed by atoms with Crippen molar-refractivity contribution in [1.29, 1.82) is 0 Å². The van der Waals surface area contributed by atoms with E-state index in [1.165, 1.54) is 17.9 Å². The van der Waals surface area contributed by atoms with Gasteiger partial charge in [-0.2, -0.15) is 0 Å². The summed E-state index contributed by atoms with van der Waals surface area (Å²) in [4.78, 5) is 23.5. The summed E-state index contributed by atoms with van der Waals surface area (Å²) in [5, 5.41) is 11.4. The molecule has 0 spiro atoms. The molecule has 0 aliphatic heterocycles. The molecule has 1 aromatic heterocycles. The van der Waals surface area contributed by atoms with Crippen LogP contribution in [0.3, 0.4) is 0 Å². The molecule has 0 radical (unpaired) electrons. The molecule has 1 aromatic rings. The molecule has 0 atom stereocenters. The molecule has 21 heavy (non-hydrogen) atoms. The van der Waals surface area contributed by atoms with Gasteiger partial charge in [0.25, 0.3) is 0 Å². The van der Waals surface area contributed by atoms with Crippen molar-refractivity contribution >= 4 is 33.4 Å². The van der Waals surface area contributed by atoms with Crippen LogP contribution in [-0.2, 0) is 10.0 Å². The van der Waals surface area contributed by atoms with Crippen molar-refractivity contribution in [2.45, 2.75) is 11.1 Å². The highest BCUT2D eigenvalue weighted by molar-refractivity contribution is 7.91. The minimum atomic E-state index is -3.77. The summed E-state index contributed by atoms with van der Waals surface area (Å²) in [6.45, 7) is 1.68. The maximum atomic E-state index is 12.0. The second-order valence-electron chi connectivity index (χ2n) is 4.41. The molecule has 0 unspecified atom stereocenters. The Morgan fingerprint density at radius 3 is 2.43 bits per heavy atom. The number of carboxylic acids is 1. The predicted molar refractivity (Wildman–Crippen MR) is 78.3 cm³/mol. The van der Waals surface area contributed by atoms with Crippen LogP contribution in [0.1, 0.15) is 15.2 Å². The largest absolute Gasteiger partial charge is 0.477 e. The lowest BCUT2D eigenvalue weighted by atomic mass is 10.3. The van der Waals surface area contributed by atoms with Gasteiger partial charge < -0.3 is 15.3 Å². The third kappa shape index (κ3) is 4.69. The highest BCUT2D eigenvalue weighted by Crippen LogP contribution is 2.25. The Balaban J connectivity index is 2.64. The molecule has 0 bridgehead atoms. The monoisotopic (exact) mass is 335 g/mol. The van der Waals surface area contributed by atoms with Crippen molar-refractivity contribution in [2.75, 3.05) is 27.2 Å². The SMILES string of the molecule is Cc1cc(S(=O)(=O)NCCNC(=O)N(C)C)sc1C(=O)O. The number of nitrogens with zero attached hydrogens (tertiary/aromatic N) is 1. The van der Waals surface area contributed by atoms with Gasteiger partial charge in [0, 0.05) is 27.2 Å². The van der Waals surface area contributed by atoms with Gasteiger partial charge in [0.15, 0.2) is 0 Å². The standard InChI is InChI=1S/C11H17N3O5S2/c1-7-6-8(20-9(7)10(15)16)21(18,19)13-5-4-12-11(17)14(2)3/h6,13H,4-5H2,1-3H3,(H,12,17)(H,15,16). The van der Waals surface area contributed by atoms with Crippen LogP contribution >= 0.6 is 11.3 Å². The quantitative estimate of drug-likeness (QED) is 0.647. The fourth-order valence-electron chi connectivity index (χ4n) is 1.38. The van der Waals surface area contributed by atoms with Gasteiger partial charge in [0.1, 0.15) is 9.09 Å². The van der Waals surface area contributed by atoms with Crippen LogP contribution < -0.4 is 10.0 Å². The molecule has 0 aliphatic rings. The number of carbonyl (C=O) groups excluding carboxylic acids is 1. The van der Waals surface area contributed by atoms with Crippen LogP contribution in [0.4, 0.5) is 4.79 Å². The second kappa shape index (κ2) is 6.87. The zero-order chi connectivity index (χ0) is 16.2. The summed E-state index contributed by atoms with van der Waals surface area (Å²) in [6, 6.07) is 0.990. The van der Waals surface area contributed by atoms with Gasteiger partial charge in [0.2, 0.25) is 10.0 Å². The Bertz CT molecular complexity index is 636. The first kappa shape index (κ1) is 17.4. The van der Waals surface area contributed by atoms with Crippen molar-refractivity contribution < 1.29 is 23.1 Å². The van der Waals surface area contributed by atoms with Gasteiger partial charge in [-0.1, -0.05) is 0 Å². The number of rotatable bonds is 6. The maximum Gasteiger partial charge on any atom is 0.346 e. The molecule has 0 aliphatic carbocycles. The second-order valence-corrected chi connectivity index (χ2v) is 7.45. The third-order valence-corrected chi connectivity index (χ3v) is 5.61.